The zero-order chi connectivity index (χ0) is 16.9. The molecule has 0 radical (unpaired) electrons. The number of H-pyrrole nitrogens is 1. The molecule has 0 spiro atoms. The molecule has 0 fully saturated rings. The minimum Gasteiger partial charge on any atom is -0.345 e. The Morgan fingerprint density at radius 2 is 1.88 bits per heavy atom. The Labute approximate surface area is 137 Å². The summed E-state index contributed by atoms with van der Waals surface area (Å²) in [5.74, 6) is 0.633. The monoisotopic (exact) mass is 311 g/mol. The highest BCUT2D eigenvalue weighted by Gasteiger charge is 2.09. The molecule has 0 saturated heterocycles. The number of benzene rings is 1. The van der Waals surface area contributed by atoms with Gasteiger partial charge in [-0.3, -0.25) is 4.98 Å². The summed E-state index contributed by atoms with van der Waals surface area (Å²) in [6.07, 6.45) is 1.69. The highest BCUT2D eigenvalue weighted by molar-refractivity contribution is 5.82. The lowest BCUT2D eigenvalue weighted by Crippen LogP contribution is -2.00. The van der Waals surface area contributed by atoms with E-state index < -0.39 is 0 Å². The van der Waals surface area contributed by atoms with Gasteiger partial charge in [0, 0.05) is 11.9 Å². The Balaban J connectivity index is 1.99. The van der Waals surface area contributed by atoms with Crippen molar-refractivity contribution in [2.24, 2.45) is 0 Å². The largest absolute Gasteiger partial charge is 0.345 e. The van der Waals surface area contributed by atoms with Crippen molar-refractivity contribution in [1.29, 1.82) is 15.8 Å². The minimum atomic E-state index is -0.267. The summed E-state index contributed by atoms with van der Waals surface area (Å²) in [5.41, 5.74) is 2.41. The van der Waals surface area contributed by atoms with Crippen LogP contribution in [0.25, 0.3) is 22.6 Å². The third-order valence-electron chi connectivity index (χ3n) is 3.24. The van der Waals surface area contributed by atoms with Gasteiger partial charge < -0.3 is 10.3 Å². The Kier molecular flexibility index (Phi) is 3.88. The molecular formula is C17H9N7. The van der Waals surface area contributed by atoms with E-state index in [0.29, 0.717) is 11.5 Å². The number of nitrogens with zero attached hydrogens (tertiary/aromatic N) is 5. The second kappa shape index (κ2) is 6.31. The number of hydrogen-bond donors (Lipinski definition) is 2. The molecule has 0 aliphatic heterocycles. The molecule has 3 aromatic rings. The van der Waals surface area contributed by atoms with Gasteiger partial charge in [-0.15, -0.1) is 0 Å². The van der Waals surface area contributed by atoms with Crippen molar-refractivity contribution in [3.63, 3.8) is 0 Å². The first-order valence-electron chi connectivity index (χ1n) is 6.88. The van der Waals surface area contributed by atoms with Crippen LogP contribution >= 0.6 is 0 Å². The number of nitrogens with one attached hydrogen (secondary N) is 2. The first-order valence-corrected chi connectivity index (χ1v) is 6.88. The predicted octanol–water partition coefficient (Wildman–Crippen LogP) is 2.86. The predicted molar refractivity (Wildman–Crippen MR) is 86.8 cm³/mol. The van der Waals surface area contributed by atoms with Crippen LogP contribution in [0.4, 0.5) is 5.69 Å². The van der Waals surface area contributed by atoms with Gasteiger partial charge in [0.2, 0.25) is 0 Å². The molecule has 0 aliphatic rings. The number of anilines is 1. The molecule has 0 aliphatic carbocycles. The number of nitriles is 3. The third kappa shape index (κ3) is 2.76. The number of hydrogen-bond acceptors (Lipinski definition) is 6. The first-order chi connectivity index (χ1) is 11.7. The number of imidazole rings is 1. The van der Waals surface area contributed by atoms with Gasteiger partial charge in [0.25, 0.3) is 0 Å². The van der Waals surface area contributed by atoms with Crippen LogP contribution in [-0.2, 0) is 0 Å². The number of aromatic nitrogens is 3. The number of fused-ring (bicyclic) bond motifs is 1. The van der Waals surface area contributed by atoms with Crippen LogP contribution in [0, 0.1) is 34.0 Å². The molecule has 7 nitrogen and oxygen atoms in total. The van der Waals surface area contributed by atoms with E-state index in [-0.39, 0.29) is 11.3 Å². The number of allylic oxidation sites excluding steroid dienone is 2. The van der Waals surface area contributed by atoms with Gasteiger partial charge in [0.05, 0.1) is 11.0 Å². The maximum atomic E-state index is 9.09. The van der Waals surface area contributed by atoms with Gasteiger partial charge in [-0.25, -0.2) is 4.98 Å². The fourth-order valence-corrected chi connectivity index (χ4v) is 2.14. The van der Waals surface area contributed by atoms with Gasteiger partial charge in [0.1, 0.15) is 29.6 Å². The van der Waals surface area contributed by atoms with E-state index in [0.717, 1.165) is 16.7 Å². The minimum absolute atomic E-state index is 0.0937. The van der Waals surface area contributed by atoms with Gasteiger partial charge in [-0.2, -0.15) is 15.8 Å². The highest BCUT2D eigenvalue weighted by atomic mass is 15.0. The van der Waals surface area contributed by atoms with E-state index in [1.54, 1.807) is 36.5 Å². The van der Waals surface area contributed by atoms with Crippen molar-refractivity contribution in [2.45, 2.75) is 0 Å². The summed E-state index contributed by atoms with van der Waals surface area (Å²) in [6, 6.07) is 16.0. The quantitative estimate of drug-likeness (QED) is 0.716. The summed E-state index contributed by atoms with van der Waals surface area (Å²) in [7, 11) is 0. The van der Waals surface area contributed by atoms with Crippen molar-refractivity contribution in [3.05, 3.63) is 53.9 Å². The molecule has 0 amide bonds. The molecule has 7 heteroatoms. The normalized spacial score (nSPS) is 9.54. The Bertz CT molecular complexity index is 1040. The van der Waals surface area contributed by atoms with E-state index in [2.05, 4.69) is 20.3 Å². The number of rotatable bonds is 3. The van der Waals surface area contributed by atoms with E-state index in [1.165, 1.54) is 0 Å². The SMILES string of the molecule is N#CC(C#N)=C(C#N)Nc1ccc2nc(-c3ccccn3)[nH]c2c1. The van der Waals surface area contributed by atoms with E-state index in [9.17, 15) is 0 Å². The van der Waals surface area contributed by atoms with Gasteiger partial charge in [-0.1, -0.05) is 6.07 Å². The number of aromatic amines is 1. The van der Waals surface area contributed by atoms with Gasteiger partial charge in [0.15, 0.2) is 11.4 Å². The lowest BCUT2D eigenvalue weighted by Gasteiger charge is -2.03. The van der Waals surface area contributed by atoms with E-state index in [4.69, 9.17) is 15.8 Å². The fourth-order valence-electron chi connectivity index (χ4n) is 2.14. The second-order valence-corrected chi connectivity index (χ2v) is 4.74. The summed E-state index contributed by atoms with van der Waals surface area (Å²) >= 11 is 0. The zero-order valence-electron chi connectivity index (χ0n) is 12.3. The highest BCUT2D eigenvalue weighted by Crippen LogP contribution is 2.22. The molecule has 3 rings (SSSR count). The molecular weight excluding hydrogens is 302 g/mol. The Morgan fingerprint density at radius 3 is 2.54 bits per heavy atom. The van der Waals surface area contributed by atoms with Crippen LogP contribution < -0.4 is 5.32 Å². The molecule has 2 aromatic heterocycles. The lowest BCUT2D eigenvalue weighted by molar-refractivity contribution is 1.24. The summed E-state index contributed by atoms with van der Waals surface area (Å²) in [4.78, 5) is 11.9. The van der Waals surface area contributed by atoms with Gasteiger partial charge in [-0.05, 0) is 30.3 Å². The molecule has 2 N–H and O–H groups in total. The van der Waals surface area contributed by atoms with Crippen molar-refractivity contribution >= 4 is 16.7 Å². The average molecular weight is 311 g/mol. The van der Waals surface area contributed by atoms with Crippen LogP contribution in [0.15, 0.2) is 53.9 Å². The van der Waals surface area contributed by atoms with Crippen LogP contribution in [0.2, 0.25) is 0 Å². The summed E-state index contributed by atoms with van der Waals surface area (Å²) < 4.78 is 0. The van der Waals surface area contributed by atoms with Crippen LogP contribution in [0.5, 0.6) is 0 Å². The van der Waals surface area contributed by atoms with Gasteiger partial charge >= 0.3 is 0 Å². The van der Waals surface area contributed by atoms with Crippen molar-refractivity contribution in [2.75, 3.05) is 5.32 Å². The van der Waals surface area contributed by atoms with Crippen molar-refractivity contribution < 1.29 is 0 Å². The Hall–Kier alpha value is -4.15. The molecule has 0 saturated carbocycles. The van der Waals surface area contributed by atoms with Crippen molar-refractivity contribution in [1.82, 2.24) is 15.0 Å². The molecule has 0 bridgehead atoms. The Morgan fingerprint density at radius 1 is 1.04 bits per heavy atom. The molecule has 0 atom stereocenters. The molecule has 112 valence electrons. The van der Waals surface area contributed by atoms with E-state index in [1.807, 2.05) is 24.3 Å². The average Bonchev–Trinajstić information content (AvgIpc) is 3.06. The molecule has 2 heterocycles. The first kappa shape index (κ1) is 14.8. The molecule has 0 unspecified atom stereocenters. The maximum Gasteiger partial charge on any atom is 0.163 e. The van der Waals surface area contributed by atoms with Crippen LogP contribution in [0.3, 0.4) is 0 Å². The van der Waals surface area contributed by atoms with Crippen LogP contribution in [0.1, 0.15) is 0 Å². The fraction of sp³-hybridized carbons (Fsp3) is 0. The second-order valence-electron chi connectivity index (χ2n) is 4.74. The summed E-state index contributed by atoms with van der Waals surface area (Å²) in [6.45, 7) is 0. The maximum absolute atomic E-state index is 9.09. The summed E-state index contributed by atoms with van der Waals surface area (Å²) in [5, 5.41) is 29.6. The lowest BCUT2D eigenvalue weighted by atomic mass is 10.2. The van der Waals surface area contributed by atoms with Crippen molar-refractivity contribution in [3.8, 4) is 29.7 Å². The number of pyridine rings is 1. The third-order valence-corrected chi connectivity index (χ3v) is 3.24. The zero-order valence-corrected chi connectivity index (χ0v) is 12.3. The topological polar surface area (TPSA) is 125 Å². The van der Waals surface area contributed by atoms with E-state index >= 15 is 0 Å². The van der Waals surface area contributed by atoms with Crippen LogP contribution in [-0.4, -0.2) is 15.0 Å². The standard InChI is InChI=1S/C17H9N7/c18-8-11(9-19)16(10-20)22-12-4-5-13-15(7-12)24-17(23-13)14-3-1-2-6-21-14/h1-7,22H,(H,23,24). The molecule has 1 aromatic carbocycles. The molecule has 24 heavy (non-hydrogen) atoms. The smallest absolute Gasteiger partial charge is 0.163 e.